The number of ketones is 1. The first kappa shape index (κ1) is 18.5. The molecule has 0 spiro atoms. The smallest absolute Gasteiger partial charge is 0.191 e. The zero-order valence-corrected chi connectivity index (χ0v) is 16.1. The van der Waals surface area contributed by atoms with Gasteiger partial charge >= 0.3 is 0 Å². The summed E-state index contributed by atoms with van der Waals surface area (Å²) in [5, 5.41) is 13.1. The average Bonchev–Trinajstić information content (AvgIpc) is 3.01. The van der Waals surface area contributed by atoms with Crippen molar-refractivity contribution in [2.75, 3.05) is 11.1 Å². The minimum atomic E-state index is 0.0765. The van der Waals surface area contributed by atoms with Gasteiger partial charge in [0, 0.05) is 23.3 Å². The van der Waals surface area contributed by atoms with Crippen molar-refractivity contribution in [3.05, 3.63) is 70.5 Å². The maximum atomic E-state index is 12.2. The quantitative estimate of drug-likeness (QED) is 0.482. The molecule has 26 heavy (non-hydrogen) atoms. The summed E-state index contributed by atoms with van der Waals surface area (Å²) >= 11 is 7.53. The first-order chi connectivity index (χ1) is 12.5. The minimum absolute atomic E-state index is 0.0765. The lowest BCUT2D eigenvalue weighted by atomic mass is 10.2. The van der Waals surface area contributed by atoms with Crippen LogP contribution in [0.1, 0.15) is 21.7 Å². The molecule has 7 heteroatoms. The van der Waals surface area contributed by atoms with Crippen molar-refractivity contribution in [3.63, 3.8) is 0 Å². The molecule has 0 saturated carbocycles. The van der Waals surface area contributed by atoms with Gasteiger partial charge in [-0.25, -0.2) is 0 Å². The van der Waals surface area contributed by atoms with Crippen molar-refractivity contribution in [1.29, 1.82) is 0 Å². The molecule has 1 N–H and O–H groups in total. The van der Waals surface area contributed by atoms with Crippen LogP contribution in [0.15, 0.2) is 53.7 Å². The fourth-order valence-corrected chi connectivity index (χ4v) is 3.35. The normalized spacial score (nSPS) is 10.7. The Morgan fingerprint density at radius 3 is 2.69 bits per heavy atom. The van der Waals surface area contributed by atoms with Gasteiger partial charge in [0.05, 0.1) is 12.3 Å². The Balaban J connectivity index is 1.59. The highest BCUT2D eigenvalue weighted by atomic mass is 35.5. The third-order valence-corrected chi connectivity index (χ3v) is 5.40. The molecular weight excluding hydrogens is 368 g/mol. The van der Waals surface area contributed by atoms with Crippen molar-refractivity contribution < 1.29 is 4.79 Å². The number of nitrogens with zero attached hydrogens (tertiary/aromatic N) is 3. The predicted molar refractivity (Wildman–Crippen MR) is 106 cm³/mol. The molecule has 0 bridgehead atoms. The number of benzene rings is 2. The molecule has 3 aromatic rings. The van der Waals surface area contributed by atoms with E-state index >= 15 is 0 Å². The van der Waals surface area contributed by atoms with Crippen molar-refractivity contribution in [3.8, 4) is 0 Å². The number of aromatic nitrogens is 3. The highest BCUT2D eigenvalue weighted by Gasteiger charge is 2.12. The van der Waals surface area contributed by atoms with Crippen molar-refractivity contribution >= 4 is 34.8 Å². The molecule has 0 aliphatic heterocycles. The zero-order chi connectivity index (χ0) is 18.5. The lowest BCUT2D eigenvalue weighted by molar-refractivity contribution is 0.102. The number of rotatable bonds is 7. The van der Waals surface area contributed by atoms with Gasteiger partial charge in [0.2, 0.25) is 0 Å². The summed E-state index contributed by atoms with van der Waals surface area (Å²) in [4.78, 5) is 12.2. The van der Waals surface area contributed by atoms with Gasteiger partial charge in [-0.15, -0.1) is 10.2 Å². The van der Waals surface area contributed by atoms with E-state index in [0.717, 1.165) is 22.1 Å². The number of Topliss-reactive ketones (excluding diaryl/α,β-unsaturated/α-hetero) is 1. The van der Waals surface area contributed by atoms with Crippen LogP contribution < -0.4 is 5.32 Å². The minimum Gasteiger partial charge on any atom is -0.378 e. The van der Waals surface area contributed by atoms with Gasteiger partial charge in [0.25, 0.3) is 0 Å². The number of thioether (sulfide) groups is 1. The second-order valence-corrected chi connectivity index (χ2v) is 7.20. The number of nitrogens with one attached hydrogen (secondary N) is 1. The van der Waals surface area contributed by atoms with E-state index in [4.69, 9.17) is 11.6 Å². The molecule has 0 radical (unpaired) electrons. The first-order valence-corrected chi connectivity index (χ1v) is 9.50. The van der Waals surface area contributed by atoms with E-state index in [2.05, 4.69) is 15.5 Å². The van der Waals surface area contributed by atoms with Gasteiger partial charge in [0.15, 0.2) is 16.8 Å². The zero-order valence-electron chi connectivity index (χ0n) is 14.6. The van der Waals surface area contributed by atoms with Gasteiger partial charge in [0.1, 0.15) is 0 Å². The molecule has 0 unspecified atom stereocenters. The van der Waals surface area contributed by atoms with Crippen LogP contribution in [0.25, 0.3) is 0 Å². The Morgan fingerprint density at radius 1 is 1.19 bits per heavy atom. The SMILES string of the molecule is Cc1ccc(NCc2nnc(SCC(=O)c3ccccc3)n2C)cc1Cl. The Morgan fingerprint density at radius 2 is 1.96 bits per heavy atom. The van der Waals surface area contributed by atoms with E-state index in [0.29, 0.717) is 23.0 Å². The summed E-state index contributed by atoms with van der Waals surface area (Å²) in [5.74, 6) is 1.20. The molecule has 0 amide bonds. The van der Waals surface area contributed by atoms with Gasteiger partial charge in [-0.1, -0.05) is 59.8 Å². The predicted octanol–water partition coefficient (Wildman–Crippen LogP) is 4.36. The van der Waals surface area contributed by atoms with Crippen LogP contribution in [0.4, 0.5) is 5.69 Å². The number of hydrogen-bond acceptors (Lipinski definition) is 5. The summed E-state index contributed by atoms with van der Waals surface area (Å²) in [5.41, 5.74) is 2.68. The fraction of sp³-hybridized carbons (Fsp3) is 0.211. The summed E-state index contributed by atoms with van der Waals surface area (Å²) in [7, 11) is 1.90. The topological polar surface area (TPSA) is 59.8 Å². The van der Waals surface area contributed by atoms with Crippen LogP contribution in [0.3, 0.4) is 0 Å². The molecule has 1 aromatic heterocycles. The number of halogens is 1. The van der Waals surface area contributed by atoms with E-state index in [1.54, 1.807) is 0 Å². The van der Waals surface area contributed by atoms with Crippen LogP contribution in [-0.2, 0) is 13.6 Å². The van der Waals surface area contributed by atoms with Gasteiger partial charge < -0.3 is 9.88 Å². The Labute approximate surface area is 161 Å². The van der Waals surface area contributed by atoms with Crippen molar-refractivity contribution in [2.24, 2.45) is 7.05 Å². The van der Waals surface area contributed by atoms with Crippen LogP contribution in [0.5, 0.6) is 0 Å². The third kappa shape index (κ3) is 4.45. The van der Waals surface area contributed by atoms with Crippen molar-refractivity contribution in [2.45, 2.75) is 18.6 Å². The number of carbonyl (C=O) groups is 1. The number of hydrogen-bond donors (Lipinski definition) is 1. The van der Waals surface area contributed by atoms with Crippen LogP contribution in [-0.4, -0.2) is 26.3 Å². The van der Waals surface area contributed by atoms with Crippen LogP contribution in [0.2, 0.25) is 5.02 Å². The van der Waals surface area contributed by atoms with Gasteiger partial charge in [-0.2, -0.15) is 0 Å². The Hall–Kier alpha value is -2.31. The summed E-state index contributed by atoms with van der Waals surface area (Å²) in [6.07, 6.45) is 0. The number of aryl methyl sites for hydroxylation is 1. The van der Waals surface area contributed by atoms with E-state index in [1.807, 2.05) is 67.1 Å². The fourth-order valence-electron chi connectivity index (χ4n) is 2.35. The summed E-state index contributed by atoms with van der Waals surface area (Å²) in [6, 6.07) is 15.1. The molecule has 1 heterocycles. The number of anilines is 1. The molecule has 0 saturated heterocycles. The summed E-state index contributed by atoms with van der Waals surface area (Å²) in [6.45, 7) is 2.49. The van der Waals surface area contributed by atoms with Crippen molar-refractivity contribution in [1.82, 2.24) is 14.8 Å². The van der Waals surface area contributed by atoms with E-state index in [1.165, 1.54) is 11.8 Å². The molecule has 0 fully saturated rings. The van der Waals surface area contributed by atoms with E-state index in [9.17, 15) is 4.79 Å². The van der Waals surface area contributed by atoms with Gasteiger partial charge in [-0.05, 0) is 24.6 Å². The lowest BCUT2D eigenvalue weighted by Crippen LogP contribution is -2.07. The molecule has 0 aliphatic carbocycles. The standard InChI is InChI=1S/C19H19ClN4OS/c1-13-8-9-15(10-16(13)20)21-11-18-22-23-19(24(18)2)26-12-17(25)14-6-4-3-5-7-14/h3-10,21H,11-12H2,1-2H3. The van der Waals surface area contributed by atoms with Crippen LogP contribution in [0, 0.1) is 6.92 Å². The first-order valence-electron chi connectivity index (χ1n) is 8.14. The molecule has 0 aliphatic rings. The molecular formula is C19H19ClN4OS. The van der Waals surface area contributed by atoms with E-state index < -0.39 is 0 Å². The molecule has 134 valence electrons. The largest absolute Gasteiger partial charge is 0.378 e. The number of carbonyl (C=O) groups excluding carboxylic acids is 1. The monoisotopic (exact) mass is 386 g/mol. The molecule has 3 rings (SSSR count). The molecule has 2 aromatic carbocycles. The summed E-state index contributed by atoms with van der Waals surface area (Å²) < 4.78 is 1.89. The second kappa shape index (κ2) is 8.38. The maximum Gasteiger partial charge on any atom is 0.191 e. The maximum absolute atomic E-state index is 12.2. The molecule has 0 atom stereocenters. The van der Waals surface area contributed by atoms with Crippen LogP contribution >= 0.6 is 23.4 Å². The molecule has 5 nitrogen and oxygen atoms in total. The lowest BCUT2D eigenvalue weighted by Gasteiger charge is -2.08. The van der Waals surface area contributed by atoms with Gasteiger partial charge in [-0.3, -0.25) is 4.79 Å². The third-order valence-electron chi connectivity index (χ3n) is 3.98. The highest BCUT2D eigenvalue weighted by molar-refractivity contribution is 7.99. The highest BCUT2D eigenvalue weighted by Crippen LogP contribution is 2.21. The average molecular weight is 387 g/mol. The Kier molecular flexibility index (Phi) is 5.96. The second-order valence-electron chi connectivity index (χ2n) is 5.85. The Bertz CT molecular complexity index is 911. The van der Waals surface area contributed by atoms with E-state index in [-0.39, 0.29) is 5.78 Å².